The molecule has 0 amide bonds. The SMILES string of the molecule is Clc1cc(NCc2ccco2)ccc1N1CCOCC1. The summed E-state index contributed by atoms with van der Waals surface area (Å²) in [7, 11) is 0. The number of furan rings is 1. The van der Waals surface area contributed by atoms with Crippen LogP contribution < -0.4 is 10.2 Å². The van der Waals surface area contributed by atoms with Gasteiger partial charge in [0.15, 0.2) is 0 Å². The number of halogens is 1. The van der Waals surface area contributed by atoms with Gasteiger partial charge in [-0.05, 0) is 30.3 Å². The lowest BCUT2D eigenvalue weighted by Gasteiger charge is -2.29. The van der Waals surface area contributed by atoms with Crippen LogP contribution in [0.25, 0.3) is 0 Å². The summed E-state index contributed by atoms with van der Waals surface area (Å²) in [4.78, 5) is 2.25. The van der Waals surface area contributed by atoms with E-state index >= 15 is 0 Å². The third-order valence-corrected chi connectivity index (χ3v) is 3.65. The standard InChI is InChI=1S/C15H17ClN2O2/c16-14-10-12(17-11-13-2-1-7-20-13)3-4-15(14)18-5-8-19-9-6-18/h1-4,7,10,17H,5-6,8-9,11H2. The minimum Gasteiger partial charge on any atom is -0.467 e. The van der Waals surface area contributed by atoms with Crippen molar-refractivity contribution in [1.82, 2.24) is 0 Å². The van der Waals surface area contributed by atoms with Crippen molar-refractivity contribution in [2.75, 3.05) is 36.5 Å². The second-order valence-electron chi connectivity index (χ2n) is 4.70. The third-order valence-electron chi connectivity index (χ3n) is 3.35. The number of rotatable bonds is 4. The molecule has 0 unspecified atom stereocenters. The lowest BCUT2D eigenvalue weighted by Crippen LogP contribution is -2.36. The summed E-state index contributed by atoms with van der Waals surface area (Å²) < 4.78 is 10.6. The summed E-state index contributed by atoms with van der Waals surface area (Å²) in [6.07, 6.45) is 1.67. The lowest BCUT2D eigenvalue weighted by molar-refractivity contribution is 0.122. The van der Waals surface area contributed by atoms with Gasteiger partial charge in [0.1, 0.15) is 5.76 Å². The van der Waals surface area contributed by atoms with Gasteiger partial charge < -0.3 is 19.4 Å². The van der Waals surface area contributed by atoms with Gasteiger partial charge in [-0.15, -0.1) is 0 Å². The van der Waals surface area contributed by atoms with E-state index in [0.717, 1.165) is 48.5 Å². The maximum absolute atomic E-state index is 6.38. The summed E-state index contributed by atoms with van der Waals surface area (Å²) in [5.74, 6) is 0.901. The Morgan fingerprint density at radius 1 is 1.20 bits per heavy atom. The average Bonchev–Trinajstić information content (AvgIpc) is 2.99. The summed E-state index contributed by atoms with van der Waals surface area (Å²) in [5, 5.41) is 4.06. The molecule has 1 aliphatic rings. The Labute approximate surface area is 123 Å². The van der Waals surface area contributed by atoms with Gasteiger partial charge >= 0.3 is 0 Å². The Kier molecular flexibility index (Phi) is 4.14. The maximum atomic E-state index is 6.38. The van der Waals surface area contributed by atoms with Crippen molar-refractivity contribution in [3.05, 3.63) is 47.4 Å². The molecule has 1 aromatic carbocycles. The molecule has 20 heavy (non-hydrogen) atoms. The normalized spacial score (nSPS) is 15.3. The van der Waals surface area contributed by atoms with E-state index in [-0.39, 0.29) is 0 Å². The van der Waals surface area contributed by atoms with Crippen LogP contribution in [0.4, 0.5) is 11.4 Å². The van der Waals surface area contributed by atoms with Crippen molar-refractivity contribution < 1.29 is 9.15 Å². The first-order chi connectivity index (χ1) is 9.83. The second kappa shape index (κ2) is 6.20. The van der Waals surface area contributed by atoms with Crippen molar-refractivity contribution in [3.63, 3.8) is 0 Å². The molecule has 5 heteroatoms. The Morgan fingerprint density at radius 2 is 2.05 bits per heavy atom. The predicted octanol–water partition coefficient (Wildman–Crippen LogP) is 3.38. The van der Waals surface area contributed by atoms with E-state index in [0.29, 0.717) is 6.54 Å². The van der Waals surface area contributed by atoms with Crippen molar-refractivity contribution in [1.29, 1.82) is 0 Å². The zero-order valence-corrected chi connectivity index (χ0v) is 11.9. The molecule has 3 rings (SSSR count). The number of ether oxygens (including phenoxy) is 1. The van der Waals surface area contributed by atoms with Crippen molar-refractivity contribution >= 4 is 23.0 Å². The smallest absolute Gasteiger partial charge is 0.122 e. The molecule has 2 aromatic rings. The number of nitrogens with one attached hydrogen (secondary N) is 1. The fraction of sp³-hybridized carbons (Fsp3) is 0.333. The number of anilines is 2. The monoisotopic (exact) mass is 292 g/mol. The number of morpholine rings is 1. The molecule has 1 aliphatic heterocycles. The van der Waals surface area contributed by atoms with Crippen molar-refractivity contribution in [3.8, 4) is 0 Å². The highest BCUT2D eigenvalue weighted by atomic mass is 35.5. The van der Waals surface area contributed by atoms with Gasteiger partial charge in [0, 0.05) is 18.8 Å². The quantitative estimate of drug-likeness (QED) is 0.937. The lowest BCUT2D eigenvalue weighted by atomic mass is 10.2. The predicted molar refractivity (Wildman–Crippen MR) is 80.5 cm³/mol. The number of benzene rings is 1. The molecule has 106 valence electrons. The van der Waals surface area contributed by atoms with Gasteiger partial charge in [0.25, 0.3) is 0 Å². The van der Waals surface area contributed by atoms with Crippen LogP contribution in [0.1, 0.15) is 5.76 Å². The van der Waals surface area contributed by atoms with E-state index in [4.69, 9.17) is 20.8 Å². The molecule has 0 atom stereocenters. The Balaban J connectivity index is 1.67. The highest BCUT2D eigenvalue weighted by Gasteiger charge is 2.14. The fourth-order valence-electron chi connectivity index (χ4n) is 2.28. The molecule has 0 bridgehead atoms. The average molecular weight is 293 g/mol. The van der Waals surface area contributed by atoms with Crippen molar-refractivity contribution in [2.24, 2.45) is 0 Å². The molecule has 0 aliphatic carbocycles. The molecule has 1 saturated heterocycles. The topological polar surface area (TPSA) is 37.6 Å². The zero-order chi connectivity index (χ0) is 13.8. The van der Waals surface area contributed by atoms with Gasteiger partial charge in [-0.25, -0.2) is 0 Å². The number of nitrogens with zero attached hydrogens (tertiary/aromatic N) is 1. The van der Waals surface area contributed by atoms with E-state index in [1.807, 2.05) is 24.3 Å². The second-order valence-corrected chi connectivity index (χ2v) is 5.11. The molecule has 4 nitrogen and oxygen atoms in total. The minimum atomic E-state index is 0.653. The van der Waals surface area contributed by atoms with Crippen LogP contribution in [0.15, 0.2) is 41.0 Å². The maximum Gasteiger partial charge on any atom is 0.122 e. The van der Waals surface area contributed by atoms with Gasteiger partial charge in [0.05, 0.1) is 36.7 Å². The van der Waals surface area contributed by atoms with Gasteiger partial charge in [-0.2, -0.15) is 0 Å². The summed E-state index contributed by atoms with van der Waals surface area (Å²) in [6, 6.07) is 9.87. The largest absolute Gasteiger partial charge is 0.467 e. The summed E-state index contributed by atoms with van der Waals surface area (Å²) in [5.41, 5.74) is 2.06. The highest BCUT2D eigenvalue weighted by molar-refractivity contribution is 6.33. The van der Waals surface area contributed by atoms with Crippen LogP contribution in [0.2, 0.25) is 5.02 Å². The number of hydrogen-bond donors (Lipinski definition) is 1. The molecule has 2 heterocycles. The highest BCUT2D eigenvalue weighted by Crippen LogP contribution is 2.29. The molecule has 1 aromatic heterocycles. The van der Waals surface area contributed by atoms with Crippen LogP contribution in [-0.4, -0.2) is 26.3 Å². The van der Waals surface area contributed by atoms with E-state index in [2.05, 4.69) is 16.3 Å². The minimum absolute atomic E-state index is 0.653. The van der Waals surface area contributed by atoms with Gasteiger partial charge in [-0.1, -0.05) is 11.6 Å². The number of hydrogen-bond acceptors (Lipinski definition) is 4. The first-order valence-electron chi connectivity index (χ1n) is 6.71. The van der Waals surface area contributed by atoms with E-state index in [1.165, 1.54) is 0 Å². The first kappa shape index (κ1) is 13.3. The molecular formula is C15H17ClN2O2. The van der Waals surface area contributed by atoms with Crippen LogP contribution >= 0.6 is 11.6 Å². The molecule has 0 spiro atoms. The third kappa shape index (κ3) is 3.08. The Hall–Kier alpha value is -1.65. The Morgan fingerprint density at radius 3 is 2.75 bits per heavy atom. The van der Waals surface area contributed by atoms with Crippen LogP contribution in [0.3, 0.4) is 0 Å². The van der Waals surface area contributed by atoms with E-state index in [1.54, 1.807) is 6.26 Å². The molecule has 0 saturated carbocycles. The summed E-state index contributed by atoms with van der Waals surface area (Å²) >= 11 is 6.38. The van der Waals surface area contributed by atoms with Crippen LogP contribution in [-0.2, 0) is 11.3 Å². The molecule has 0 radical (unpaired) electrons. The van der Waals surface area contributed by atoms with Crippen molar-refractivity contribution in [2.45, 2.75) is 6.54 Å². The van der Waals surface area contributed by atoms with Gasteiger partial charge in [-0.3, -0.25) is 0 Å². The van der Waals surface area contributed by atoms with E-state index in [9.17, 15) is 0 Å². The fourth-order valence-corrected chi connectivity index (χ4v) is 2.58. The zero-order valence-electron chi connectivity index (χ0n) is 11.1. The Bertz CT molecular complexity index is 551. The first-order valence-corrected chi connectivity index (χ1v) is 7.09. The molecule has 1 N–H and O–H groups in total. The molecular weight excluding hydrogens is 276 g/mol. The summed E-state index contributed by atoms with van der Waals surface area (Å²) in [6.45, 7) is 3.95. The van der Waals surface area contributed by atoms with Crippen LogP contribution in [0, 0.1) is 0 Å². The van der Waals surface area contributed by atoms with Gasteiger partial charge in [0.2, 0.25) is 0 Å². The van der Waals surface area contributed by atoms with Crippen LogP contribution in [0.5, 0.6) is 0 Å². The van der Waals surface area contributed by atoms with E-state index < -0.39 is 0 Å². The molecule has 1 fully saturated rings.